The Kier molecular flexibility index (Phi) is 8.91. The number of rotatable bonds is 4. The van der Waals surface area contributed by atoms with Crippen LogP contribution in [0.25, 0.3) is 0 Å². The molecular formula is C20H30F2IN5O. The second-order valence-electron chi connectivity index (χ2n) is 7.62. The van der Waals surface area contributed by atoms with Crippen molar-refractivity contribution < 1.29 is 13.6 Å². The number of amides is 1. The summed E-state index contributed by atoms with van der Waals surface area (Å²) >= 11 is 0. The first-order valence-electron chi connectivity index (χ1n) is 9.90. The van der Waals surface area contributed by atoms with Crippen LogP contribution < -0.4 is 10.2 Å². The summed E-state index contributed by atoms with van der Waals surface area (Å²) in [7, 11) is 3.43. The molecule has 9 heteroatoms. The lowest BCUT2D eigenvalue weighted by molar-refractivity contribution is -0.127. The van der Waals surface area contributed by atoms with Crippen molar-refractivity contribution in [3.63, 3.8) is 0 Å². The number of piperazine rings is 1. The number of likely N-dealkylation sites (N-methyl/N-ethyl adjacent to an activating group) is 1. The summed E-state index contributed by atoms with van der Waals surface area (Å²) in [6.45, 7) is 2.48. The maximum atomic E-state index is 14.1. The van der Waals surface area contributed by atoms with E-state index >= 15 is 0 Å². The first kappa shape index (κ1) is 23.6. The van der Waals surface area contributed by atoms with Gasteiger partial charge in [0.2, 0.25) is 5.91 Å². The highest BCUT2D eigenvalue weighted by molar-refractivity contribution is 14.0. The number of anilines is 1. The number of carbonyl (C=O) groups excluding carboxylic acids is 1. The number of hydrogen-bond donors (Lipinski definition) is 1. The van der Waals surface area contributed by atoms with Gasteiger partial charge in [0.15, 0.2) is 5.96 Å². The molecule has 1 aromatic rings. The molecule has 1 saturated heterocycles. The van der Waals surface area contributed by atoms with E-state index in [0.29, 0.717) is 37.9 Å². The highest BCUT2D eigenvalue weighted by atomic mass is 127. The number of benzene rings is 1. The summed E-state index contributed by atoms with van der Waals surface area (Å²) in [5.41, 5.74) is 0.296. The fourth-order valence-corrected chi connectivity index (χ4v) is 3.66. The molecule has 1 N–H and O–H groups in total. The zero-order valence-electron chi connectivity index (χ0n) is 17.0. The predicted molar refractivity (Wildman–Crippen MR) is 122 cm³/mol. The summed E-state index contributed by atoms with van der Waals surface area (Å²) < 4.78 is 27.6. The van der Waals surface area contributed by atoms with Gasteiger partial charge < -0.3 is 20.0 Å². The Morgan fingerprint density at radius 2 is 1.83 bits per heavy atom. The summed E-state index contributed by atoms with van der Waals surface area (Å²) in [6, 6.07) is 3.92. The highest BCUT2D eigenvalue weighted by Crippen LogP contribution is 2.22. The smallest absolute Gasteiger partial charge is 0.243 e. The third-order valence-electron chi connectivity index (χ3n) is 5.38. The number of halogens is 3. The van der Waals surface area contributed by atoms with Crippen molar-refractivity contribution in [1.29, 1.82) is 0 Å². The van der Waals surface area contributed by atoms with Crippen molar-refractivity contribution in [2.75, 3.05) is 51.7 Å². The molecule has 162 valence electrons. The fourth-order valence-electron chi connectivity index (χ4n) is 3.66. The minimum absolute atomic E-state index is 0. The van der Waals surface area contributed by atoms with Gasteiger partial charge in [-0.15, -0.1) is 24.0 Å². The Morgan fingerprint density at radius 1 is 1.17 bits per heavy atom. The Bertz CT molecular complexity index is 717. The first-order chi connectivity index (χ1) is 13.4. The van der Waals surface area contributed by atoms with Crippen LogP contribution in [0.3, 0.4) is 0 Å². The zero-order valence-corrected chi connectivity index (χ0v) is 19.4. The number of nitrogens with one attached hydrogen (secondary N) is 1. The topological polar surface area (TPSA) is 51.2 Å². The lowest BCUT2D eigenvalue weighted by Crippen LogP contribution is -2.54. The molecule has 1 saturated carbocycles. The molecule has 0 spiro atoms. The molecule has 0 aromatic heterocycles. The average molecular weight is 521 g/mol. The second kappa shape index (κ2) is 10.9. The zero-order chi connectivity index (χ0) is 20.1. The third-order valence-corrected chi connectivity index (χ3v) is 5.38. The van der Waals surface area contributed by atoms with Crippen molar-refractivity contribution in [2.45, 2.75) is 31.7 Å². The van der Waals surface area contributed by atoms with Gasteiger partial charge >= 0.3 is 0 Å². The molecule has 1 aliphatic heterocycles. The van der Waals surface area contributed by atoms with E-state index in [0.717, 1.165) is 24.9 Å². The van der Waals surface area contributed by atoms with Crippen LogP contribution >= 0.6 is 24.0 Å². The Hall–Kier alpha value is -1.65. The van der Waals surface area contributed by atoms with Crippen LogP contribution in [-0.2, 0) is 4.79 Å². The summed E-state index contributed by atoms with van der Waals surface area (Å²) in [4.78, 5) is 22.0. The second-order valence-corrected chi connectivity index (χ2v) is 7.62. The Balaban J connectivity index is 0.00000300. The number of nitrogens with zero attached hydrogens (tertiary/aromatic N) is 4. The van der Waals surface area contributed by atoms with E-state index in [1.165, 1.54) is 29.9 Å². The summed E-state index contributed by atoms with van der Waals surface area (Å²) in [5, 5.41) is 3.51. The van der Waals surface area contributed by atoms with Crippen LogP contribution in [0.5, 0.6) is 0 Å². The maximum absolute atomic E-state index is 14.1. The SMILES string of the molecule is CN(C)C(=O)CN=C(NC1CCCC1)N1CCN(c2cc(F)ccc2F)CC1.I. The van der Waals surface area contributed by atoms with E-state index in [1.807, 2.05) is 4.90 Å². The lowest BCUT2D eigenvalue weighted by atomic mass is 10.2. The van der Waals surface area contributed by atoms with Crippen LogP contribution in [0, 0.1) is 11.6 Å². The van der Waals surface area contributed by atoms with Crippen molar-refractivity contribution in [1.82, 2.24) is 15.1 Å². The summed E-state index contributed by atoms with van der Waals surface area (Å²) in [6.07, 6.45) is 4.62. The molecule has 0 atom stereocenters. The molecule has 1 amide bonds. The third kappa shape index (κ3) is 6.42. The number of guanidine groups is 1. The Labute approximate surface area is 188 Å². The molecule has 1 aliphatic carbocycles. The molecule has 0 unspecified atom stereocenters. The summed E-state index contributed by atoms with van der Waals surface area (Å²) in [5.74, 6) is -0.164. The van der Waals surface area contributed by atoms with Gasteiger partial charge in [-0.2, -0.15) is 0 Å². The normalized spacial score (nSPS) is 17.9. The molecule has 0 bridgehead atoms. The van der Waals surface area contributed by atoms with Gasteiger partial charge in [0.05, 0.1) is 5.69 Å². The monoisotopic (exact) mass is 521 g/mol. The predicted octanol–water partition coefficient (Wildman–Crippen LogP) is 2.68. The molecule has 29 heavy (non-hydrogen) atoms. The van der Waals surface area contributed by atoms with Crippen molar-refractivity contribution in [2.24, 2.45) is 4.99 Å². The fraction of sp³-hybridized carbons (Fsp3) is 0.600. The number of carbonyl (C=O) groups is 1. The van der Waals surface area contributed by atoms with Crippen LogP contribution in [0.15, 0.2) is 23.2 Å². The quantitative estimate of drug-likeness (QED) is 0.376. The largest absolute Gasteiger partial charge is 0.366 e. The van der Waals surface area contributed by atoms with Crippen molar-refractivity contribution in [3.05, 3.63) is 29.8 Å². The molecule has 2 aliphatic rings. The van der Waals surface area contributed by atoms with Gasteiger partial charge in [0.25, 0.3) is 0 Å². The van der Waals surface area contributed by atoms with Crippen LogP contribution in [0.2, 0.25) is 0 Å². The van der Waals surface area contributed by atoms with E-state index in [-0.39, 0.29) is 36.4 Å². The molecule has 3 rings (SSSR count). The van der Waals surface area contributed by atoms with E-state index in [2.05, 4.69) is 15.2 Å². The first-order valence-corrected chi connectivity index (χ1v) is 9.90. The van der Waals surface area contributed by atoms with Crippen LogP contribution in [-0.4, -0.2) is 74.5 Å². The van der Waals surface area contributed by atoms with E-state index in [1.54, 1.807) is 14.1 Å². The Morgan fingerprint density at radius 3 is 2.45 bits per heavy atom. The van der Waals surface area contributed by atoms with Crippen molar-refractivity contribution in [3.8, 4) is 0 Å². The van der Waals surface area contributed by atoms with E-state index in [9.17, 15) is 13.6 Å². The van der Waals surface area contributed by atoms with Gasteiger partial charge in [-0.25, -0.2) is 13.8 Å². The minimum Gasteiger partial charge on any atom is -0.366 e. The van der Waals surface area contributed by atoms with Gasteiger partial charge in [0, 0.05) is 52.4 Å². The minimum atomic E-state index is -0.439. The number of aliphatic imine (C=N–C) groups is 1. The van der Waals surface area contributed by atoms with Gasteiger partial charge in [0.1, 0.15) is 18.2 Å². The van der Waals surface area contributed by atoms with Crippen LogP contribution in [0.4, 0.5) is 14.5 Å². The molecule has 1 heterocycles. The maximum Gasteiger partial charge on any atom is 0.243 e. The van der Waals surface area contributed by atoms with E-state index < -0.39 is 11.6 Å². The molecular weight excluding hydrogens is 491 g/mol. The van der Waals surface area contributed by atoms with Gasteiger partial charge in [-0.3, -0.25) is 4.79 Å². The average Bonchev–Trinajstić information content (AvgIpc) is 3.20. The van der Waals surface area contributed by atoms with Crippen LogP contribution in [0.1, 0.15) is 25.7 Å². The van der Waals surface area contributed by atoms with Crippen molar-refractivity contribution >= 4 is 41.5 Å². The lowest BCUT2D eigenvalue weighted by Gasteiger charge is -2.38. The molecule has 1 aromatic carbocycles. The van der Waals surface area contributed by atoms with E-state index in [4.69, 9.17) is 0 Å². The van der Waals surface area contributed by atoms with Gasteiger partial charge in [-0.05, 0) is 25.0 Å². The molecule has 6 nitrogen and oxygen atoms in total. The standard InChI is InChI=1S/C20H29F2N5O.HI/c1-25(2)19(28)14-23-20(24-16-5-3-4-6-16)27-11-9-26(10-12-27)18-13-15(21)7-8-17(18)22;/h7-8,13,16H,3-6,9-12,14H2,1-2H3,(H,23,24);1H. The molecule has 0 radical (unpaired) electrons. The van der Waals surface area contributed by atoms with Gasteiger partial charge in [-0.1, -0.05) is 12.8 Å². The highest BCUT2D eigenvalue weighted by Gasteiger charge is 2.25. The number of hydrogen-bond acceptors (Lipinski definition) is 3. The molecule has 2 fully saturated rings.